The normalized spacial score (nSPS) is 12.2. The van der Waals surface area contributed by atoms with Gasteiger partial charge in [-0.1, -0.05) is 0 Å². The molecular weight excluding hydrogens is 256 g/mol. The minimum absolute atomic E-state index is 0.0664. The average molecular weight is 274 g/mol. The molecule has 0 radical (unpaired) electrons. The smallest absolute Gasteiger partial charge is 0.274 e. The Kier molecular flexibility index (Phi) is 4.09. The third-order valence-electron chi connectivity index (χ3n) is 3.17. The van der Waals surface area contributed by atoms with E-state index in [4.69, 9.17) is 5.73 Å². The molecule has 2 N–H and O–H groups in total. The molecule has 0 aromatic carbocycles. The predicted molar refractivity (Wildman–Crippen MR) is 74.5 cm³/mol. The zero-order valence-corrected chi connectivity index (χ0v) is 11.8. The highest BCUT2D eigenvalue weighted by atomic mass is 16.2. The maximum absolute atomic E-state index is 12.6. The van der Waals surface area contributed by atoms with E-state index in [9.17, 15) is 4.79 Å². The van der Waals surface area contributed by atoms with Gasteiger partial charge in [-0.2, -0.15) is 10.2 Å². The van der Waals surface area contributed by atoms with E-state index in [1.54, 1.807) is 30.4 Å². The molecule has 2 aromatic heterocycles. The molecule has 0 aliphatic rings. The SMILES string of the molecule is Cc1ccc(-n2nccn2)c(C(=O)N(C)C(C)CN)n1. The zero-order chi connectivity index (χ0) is 14.7. The van der Waals surface area contributed by atoms with Gasteiger partial charge in [0.2, 0.25) is 0 Å². The van der Waals surface area contributed by atoms with Crippen molar-refractivity contribution in [3.05, 3.63) is 35.9 Å². The van der Waals surface area contributed by atoms with E-state index in [1.165, 1.54) is 4.80 Å². The van der Waals surface area contributed by atoms with Gasteiger partial charge in [-0.25, -0.2) is 4.98 Å². The number of pyridine rings is 1. The van der Waals surface area contributed by atoms with Gasteiger partial charge in [0.15, 0.2) is 5.69 Å². The lowest BCUT2D eigenvalue weighted by atomic mass is 10.2. The number of nitrogens with zero attached hydrogens (tertiary/aromatic N) is 5. The van der Waals surface area contributed by atoms with E-state index in [0.29, 0.717) is 17.9 Å². The number of rotatable bonds is 4. The lowest BCUT2D eigenvalue weighted by Crippen LogP contribution is -2.40. The minimum Gasteiger partial charge on any atom is -0.336 e. The first kappa shape index (κ1) is 14.1. The summed E-state index contributed by atoms with van der Waals surface area (Å²) in [6, 6.07) is 3.54. The minimum atomic E-state index is -0.195. The topological polar surface area (TPSA) is 89.9 Å². The molecule has 0 saturated carbocycles. The van der Waals surface area contributed by atoms with Gasteiger partial charge in [-0.05, 0) is 26.0 Å². The summed E-state index contributed by atoms with van der Waals surface area (Å²) in [4.78, 5) is 19.9. The van der Waals surface area contributed by atoms with Crippen molar-refractivity contribution in [2.75, 3.05) is 13.6 Å². The maximum atomic E-state index is 12.6. The maximum Gasteiger partial charge on any atom is 0.274 e. The molecule has 1 unspecified atom stereocenters. The third-order valence-corrected chi connectivity index (χ3v) is 3.17. The fourth-order valence-electron chi connectivity index (χ4n) is 1.73. The van der Waals surface area contributed by atoms with Crippen molar-refractivity contribution >= 4 is 5.91 Å². The monoisotopic (exact) mass is 274 g/mol. The zero-order valence-electron chi connectivity index (χ0n) is 11.8. The number of carbonyl (C=O) groups is 1. The van der Waals surface area contributed by atoms with E-state index < -0.39 is 0 Å². The first-order valence-electron chi connectivity index (χ1n) is 6.36. The summed E-state index contributed by atoms with van der Waals surface area (Å²) in [7, 11) is 1.71. The number of aryl methyl sites for hydroxylation is 1. The van der Waals surface area contributed by atoms with E-state index in [0.717, 1.165) is 5.69 Å². The van der Waals surface area contributed by atoms with Gasteiger partial charge in [-0.3, -0.25) is 4.79 Å². The number of carbonyl (C=O) groups excluding carboxylic acids is 1. The Morgan fingerprint density at radius 2 is 2.05 bits per heavy atom. The van der Waals surface area contributed by atoms with Crippen LogP contribution in [0.1, 0.15) is 23.1 Å². The van der Waals surface area contributed by atoms with Gasteiger partial charge in [-0.15, -0.1) is 4.80 Å². The molecule has 0 fully saturated rings. The fraction of sp³-hybridized carbons (Fsp3) is 0.385. The van der Waals surface area contributed by atoms with E-state index in [-0.39, 0.29) is 11.9 Å². The van der Waals surface area contributed by atoms with Crippen LogP contribution < -0.4 is 5.73 Å². The molecule has 2 heterocycles. The molecule has 1 atom stereocenters. The van der Waals surface area contributed by atoms with Crippen molar-refractivity contribution in [3.8, 4) is 5.69 Å². The molecule has 106 valence electrons. The van der Waals surface area contributed by atoms with Crippen LogP contribution in [0.25, 0.3) is 5.69 Å². The van der Waals surface area contributed by atoms with Gasteiger partial charge in [0.25, 0.3) is 5.91 Å². The highest BCUT2D eigenvalue weighted by Gasteiger charge is 2.22. The number of nitrogens with two attached hydrogens (primary N) is 1. The van der Waals surface area contributed by atoms with Crippen molar-refractivity contribution in [2.45, 2.75) is 19.9 Å². The average Bonchev–Trinajstić information content (AvgIpc) is 2.98. The fourth-order valence-corrected chi connectivity index (χ4v) is 1.73. The van der Waals surface area contributed by atoms with Crippen molar-refractivity contribution in [1.29, 1.82) is 0 Å². The van der Waals surface area contributed by atoms with Crippen LogP contribution >= 0.6 is 0 Å². The number of amides is 1. The third kappa shape index (κ3) is 2.67. The summed E-state index contributed by atoms with van der Waals surface area (Å²) in [6.45, 7) is 4.12. The number of likely N-dealkylation sites (N-methyl/N-ethyl adjacent to an activating group) is 1. The van der Waals surface area contributed by atoms with Gasteiger partial charge >= 0.3 is 0 Å². The van der Waals surface area contributed by atoms with Crippen LogP contribution in [0.5, 0.6) is 0 Å². The standard InChI is InChI=1S/C13H18N6O/c1-9-4-5-11(19-15-6-7-16-19)12(17-9)13(20)18(3)10(2)8-14/h4-7,10H,8,14H2,1-3H3. The Morgan fingerprint density at radius 1 is 1.40 bits per heavy atom. The van der Waals surface area contributed by atoms with E-state index in [1.807, 2.05) is 19.9 Å². The van der Waals surface area contributed by atoms with Crippen LogP contribution in [0.3, 0.4) is 0 Å². The quantitative estimate of drug-likeness (QED) is 0.871. The molecule has 0 spiro atoms. The Hall–Kier alpha value is -2.28. The molecule has 7 nitrogen and oxygen atoms in total. The molecule has 0 aliphatic heterocycles. The molecule has 7 heteroatoms. The molecule has 1 amide bonds. The summed E-state index contributed by atoms with van der Waals surface area (Å²) in [5, 5.41) is 8.11. The summed E-state index contributed by atoms with van der Waals surface area (Å²) in [5.74, 6) is -0.195. The Labute approximate surface area is 117 Å². The molecular formula is C13H18N6O. The molecule has 2 rings (SSSR count). The Bertz CT molecular complexity index is 595. The second kappa shape index (κ2) is 5.79. The van der Waals surface area contributed by atoms with Crippen LogP contribution in [0.4, 0.5) is 0 Å². The van der Waals surface area contributed by atoms with Gasteiger partial charge in [0, 0.05) is 25.3 Å². The molecule has 2 aromatic rings. The first-order valence-corrected chi connectivity index (χ1v) is 6.36. The Balaban J connectivity index is 2.45. The Morgan fingerprint density at radius 3 is 2.65 bits per heavy atom. The number of aromatic nitrogens is 4. The lowest BCUT2D eigenvalue weighted by molar-refractivity contribution is 0.0742. The summed E-state index contributed by atoms with van der Waals surface area (Å²) in [5.41, 5.74) is 7.25. The number of hydrogen-bond donors (Lipinski definition) is 1. The van der Waals surface area contributed by atoms with Crippen molar-refractivity contribution in [1.82, 2.24) is 24.9 Å². The van der Waals surface area contributed by atoms with Crippen molar-refractivity contribution in [2.24, 2.45) is 5.73 Å². The van der Waals surface area contributed by atoms with Crippen LogP contribution in [-0.2, 0) is 0 Å². The molecule has 0 bridgehead atoms. The van der Waals surface area contributed by atoms with E-state index in [2.05, 4.69) is 15.2 Å². The highest BCUT2D eigenvalue weighted by molar-refractivity contribution is 5.95. The summed E-state index contributed by atoms with van der Waals surface area (Å²) in [6.07, 6.45) is 3.11. The predicted octanol–water partition coefficient (Wildman–Crippen LogP) is 0.390. The van der Waals surface area contributed by atoms with Crippen LogP contribution in [0.15, 0.2) is 24.5 Å². The molecule has 20 heavy (non-hydrogen) atoms. The second-order valence-corrected chi connectivity index (χ2v) is 4.64. The number of hydrogen-bond acceptors (Lipinski definition) is 5. The summed E-state index contributed by atoms with van der Waals surface area (Å²) < 4.78 is 0. The van der Waals surface area contributed by atoms with Gasteiger partial charge < -0.3 is 10.6 Å². The lowest BCUT2D eigenvalue weighted by Gasteiger charge is -2.24. The van der Waals surface area contributed by atoms with Crippen LogP contribution in [0.2, 0.25) is 0 Å². The highest BCUT2D eigenvalue weighted by Crippen LogP contribution is 2.14. The largest absolute Gasteiger partial charge is 0.336 e. The summed E-state index contributed by atoms with van der Waals surface area (Å²) >= 11 is 0. The van der Waals surface area contributed by atoms with Crippen LogP contribution in [-0.4, -0.2) is 50.4 Å². The van der Waals surface area contributed by atoms with Gasteiger partial charge in [0.05, 0.1) is 12.4 Å². The first-order chi connectivity index (χ1) is 9.54. The molecule has 0 aliphatic carbocycles. The van der Waals surface area contributed by atoms with Crippen molar-refractivity contribution < 1.29 is 4.79 Å². The molecule has 0 saturated heterocycles. The van der Waals surface area contributed by atoms with Crippen molar-refractivity contribution in [3.63, 3.8) is 0 Å². The van der Waals surface area contributed by atoms with Gasteiger partial charge in [0.1, 0.15) is 5.69 Å². The van der Waals surface area contributed by atoms with E-state index >= 15 is 0 Å². The second-order valence-electron chi connectivity index (χ2n) is 4.64. The van der Waals surface area contributed by atoms with Crippen LogP contribution in [0, 0.1) is 6.92 Å².